The average Bonchev–Trinajstić information content (AvgIpc) is 2.85. The minimum absolute atomic E-state index is 0.665. The van der Waals surface area contributed by atoms with Crippen LogP contribution in [0.1, 0.15) is 37.5 Å². The van der Waals surface area contributed by atoms with Crippen LogP contribution in [0.15, 0.2) is 15.9 Å². The van der Waals surface area contributed by atoms with Gasteiger partial charge >= 0.3 is 0 Å². The van der Waals surface area contributed by atoms with Crippen molar-refractivity contribution in [1.29, 1.82) is 0 Å². The summed E-state index contributed by atoms with van der Waals surface area (Å²) in [7, 11) is 0. The third kappa shape index (κ3) is 3.05. The summed E-state index contributed by atoms with van der Waals surface area (Å²) in [4.78, 5) is 1.42. The van der Waals surface area contributed by atoms with Crippen LogP contribution in [0.4, 0.5) is 0 Å². The van der Waals surface area contributed by atoms with Gasteiger partial charge in [-0.2, -0.15) is 0 Å². The third-order valence-electron chi connectivity index (χ3n) is 3.21. The van der Waals surface area contributed by atoms with Crippen molar-refractivity contribution in [2.45, 2.75) is 39.2 Å². The third-order valence-corrected chi connectivity index (χ3v) is 5.14. The molecule has 0 spiro atoms. The van der Waals surface area contributed by atoms with Crippen molar-refractivity contribution in [2.24, 2.45) is 5.41 Å². The van der Waals surface area contributed by atoms with E-state index in [0.29, 0.717) is 5.41 Å². The number of halogens is 1. The van der Waals surface area contributed by atoms with E-state index in [1.807, 2.05) is 11.3 Å². The highest BCUT2D eigenvalue weighted by molar-refractivity contribution is 9.10. The van der Waals surface area contributed by atoms with Crippen LogP contribution < -0.4 is 5.32 Å². The van der Waals surface area contributed by atoms with E-state index in [0.717, 1.165) is 6.54 Å². The Morgan fingerprint density at radius 2 is 2.33 bits per heavy atom. The Kier molecular flexibility index (Phi) is 3.86. The zero-order chi connectivity index (χ0) is 10.7. The molecule has 0 saturated heterocycles. The van der Waals surface area contributed by atoms with Crippen molar-refractivity contribution in [3.05, 3.63) is 20.8 Å². The minimum Gasteiger partial charge on any atom is -0.311 e. The second-order valence-electron chi connectivity index (χ2n) is 4.55. The molecule has 0 aliphatic heterocycles. The summed E-state index contributed by atoms with van der Waals surface area (Å²) in [5.41, 5.74) is 0.665. The Labute approximate surface area is 104 Å². The van der Waals surface area contributed by atoms with Crippen LogP contribution in [-0.2, 0) is 6.54 Å². The van der Waals surface area contributed by atoms with Crippen molar-refractivity contribution in [3.8, 4) is 0 Å². The van der Waals surface area contributed by atoms with Crippen molar-refractivity contribution < 1.29 is 0 Å². The van der Waals surface area contributed by atoms with Crippen LogP contribution in [0, 0.1) is 5.41 Å². The maximum absolute atomic E-state index is 3.60. The minimum atomic E-state index is 0.665. The van der Waals surface area contributed by atoms with Crippen molar-refractivity contribution in [2.75, 3.05) is 6.54 Å². The molecule has 3 heteroatoms. The molecule has 0 bridgehead atoms. The fourth-order valence-electron chi connectivity index (χ4n) is 2.11. The lowest BCUT2D eigenvalue weighted by Crippen LogP contribution is -2.23. The quantitative estimate of drug-likeness (QED) is 0.828. The lowest BCUT2D eigenvalue weighted by Gasteiger charge is -2.14. The molecule has 1 heterocycles. The Hall–Kier alpha value is 0.140. The Balaban J connectivity index is 1.73. The number of thiophene rings is 1. The fraction of sp³-hybridized carbons (Fsp3) is 0.667. The van der Waals surface area contributed by atoms with E-state index in [1.54, 1.807) is 0 Å². The molecule has 0 aromatic carbocycles. The maximum atomic E-state index is 3.60. The van der Waals surface area contributed by atoms with Crippen LogP contribution >= 0.6 is 27.3 Å². The summed E-state index contributed by atoms with van der Waals surface area (Å²) in [6.07, 6.45) is 5.58. The zero-order valence-electron chi connectivity index (χ0n) is 9.18. The lowest BCUT2D eigenvalue weighted by atomic mass is 10.0. The van der Waals surface area contributed by atoms with Gasteiger partial charge in [0.05, 0.1) is 0 Å². The maximum Gasteiger partial charge on any atom is 0.0327 e. The highest BCUT2D eigenvalue weighted by Gasteiger charge is 2.40. The molecule has 1 aromatic rings. The van der Waals surface area contributed by atoms with Crippen molar-refractivity contribution in [1.82, 2.24) is 5.32 Å². The van der Waals surface area contributed by atoms with Crippen LogP contribution in [-0.4, -0.2) is 6.54 Å². The summed E-state index contributed by atoms with van der Waals surface area (Å²) in [5.74, 6) is 0. The van der Waals surface area contributed by atoms with E-state index < -0.39 is 0 Å². The number of hydrogen-bond donors (Lipinski definition) is 1. The molecular weight excluding hydrogens is 270 g/mol. The monoisotopic (exact) mass is 287 g/mol. The molecule has 0 unspecified atom stereocenters. The topological polar surface area (TPSA) is 12.0 Å². The van der Waals surface area contributed by atoms with Gasteiger partial charge in [-0.1, -0.05) is 13.3 Å². The fourth-order valence-corrected chi connectivity index (χ4v) is 3.58. The summed E-state index contributed by atoms with van der Waals surface area (Å²) >= 11 is 5.39. The summed E-state index contributed by atoms with van der Waals surface area (Å²) in [6.45, 7) is 4.50. The molecule has 0 amide bonds. The standard InChI is InChI=1S/C12H18BrNS/c1-2-4-12(5-6-12)9-14-8-11-10(13)3-7-15-11/h3,7,14H,2,4-6,8-9H2,1H3. The normalized spacial score (nSPS) is 18.0. The lowest BCUT2D eigenvalue weighted by molar-refractivity contribution is 0.421. The molecule has 1 N–H and O–H groups in total. The van der Waals surface area contributed by atoms with E-state index in [2.05, 4.69) is 39.6 Å². The second-order valence-corrected chi connectivity index (χ2v) is 6.40. The van der Waals surface area contributed by atoms with Crippen LogP contribution in [0.3, 0.4) is 0 Å². The van der Waals surface area contributed by atoms with E-state index >= 15 is 0 Å². The van der Waals surface area contributed by atoms with Gasteiger partial charge in [0.25, 0.3) is 0 Å². The van der Waals surface area contributed by atoms with Crippen LogP contribution in [0.2, 0.25) is 0 Å². The first-order valence-corrected chi connectivity index (χ1v) is 7.36. The zero-order valence-corrected chi connectivity index (χ0v) is 11.6. The molecule has 2 rings (SSSR count). The first-order chi connectivity index (χ1) is 7.26. The first kappa shape index (κ1) is 11.6. The molecule has 1 saturated carbocycles. The van der Waals surface area contributed by atoms with Crippen LogP contribution in [0.5, 0.6) is 0 Å². The molecule has 84 valence electrons. The molecule has 1 aliphatic carbocycles. The van der Waals surface area contributed by atoms with Gasteiger partial charge in [0.15, 0.2) is 0 Å². The molecule has 1 nitrogen and oxygen atoms in total. The van der Waals surface area contributed by atoms with Gasteiger partial charge in [-0.05, 0) is 52.1 Å². The Morgan fingerprint density at radius 1 is 1.53 bits per heavy atom. The SMILES string of the molecule is CCCC1(CNCc2sccc2Br)CC1. The molecule has 1 aromatic heterocycles. The molecule has 15 heavy (non-hydrogen) atoms. The average molecular weight is 288 g/mol. The first-order valence-electron chi connectivity index (χ1n) is 5.68. The number of rotatable bonds is 6. The van der Waals surface area contributed by atoms with Crippen LogP contribution in [0.25, 0.3) is 0 Å². The summed E-state index contributed by atoms with van der Waals surface area (Å²) < 4.78 is 1.25. The molecule has 1 fully saturated rings. The number of nitrogens with one attached hydrogen (secondary N) is 1. The molecular formula is C12H18BrNS. The van der Waals surface area contributed by atoms with Gasteiger partial charge in [0, 0.05) is 22.4 Å². The largest absolute Gasteiger partial charge is 0.311 e. The van der Waals surface area contributed by atoms with Crippen molar-refractivity contribution >= 4 is 27.3 Å². The molecule has 1 aliphatic rings. The van der Waals surface area contributed by atoms with E-state index in [1.165, 1.54) is 41.6 Å². The molecule has 0 atom stereocenters. The predicted octanol–water partition coefficient (Wildman–Crippen LogP) is 4.18. The van der Waals surface area contributed by atoms with Gasteiger partial charge in [0.1, 0.15) is 0 Å². The van der Waals surface area contributed by atoms with Crippen molar-refractivity contribution in [3.63, 3.8) is 0 Å². The predicted molar refractivity (Wildman–Crippen MR) is 70.3 cm³/mol. The van der Waals surface area contributed by atoms with Gasteiger partial charge in [-0.15, -0.1) is 11.3 Å². The molecule has 0 radical (unpaired) electrons. The highest BCUT2D eigenvalue weighted by atomic mass is 79.9. The van der Waals surface area contributed by atoms with E-state index in [-0.39, 0.29) is 0 Å². The van der Waals surface area contributed by atoms with Gasteiger partial charge in [0.2, 0.25) is 0 Å². The smallest absolute Gasteiger partial charge is 0.0327 e. The highest BCUT2D eigenvalue weighted by Crippen LogP contribution is 2.48. The van der Waals surface area contributed by atoms with Gasteiger partial charge in [-0.3, -0.25) is 0 Å². The van der Waals surface area contributed by atoms with Gasteiger partial charge < -0.3 is 5.32 Å². The second kappa shape index (κ2) is 4.98. The summed E-state index contributed by atoms with van der Waals surface area (Å²) in [5, 5.41) is 5.74. The van der Waals surface area contributed by atoms with E-state index in [9.17, 15) is 0 Å². The van der Waals surface area contributed by atoms with Gasteiger partial charge in [-0.25, -0.2) is 0 Å². The Bertz CT molecular complexity index is 317. The Morgan fingerprint density at radius 3 is 2.87 bits per heavy atom. The van der Waals surface area contributed by atoms with E-state index in [4.69, 9.17) is 0 Å². The number of hydrogen-bond acceptors (Lipinski definition) is 2. The summed E-state index contributed by atoms with van der Waals surface area (Å²) in [6, 6.07) is 2.13.